The number of allylic oxidation sites excluding steroid dienone is 4. The molecule has 70 heavy (non-hydrogen) atoms. The average molecular weight is 895 g/mol. The van der Waals surface area contributed by atoms with Crippen LogP contribution in [0.25, 0.3) is 132 Å². The van der Waals surface area contributed by atoms with Gasteiger partial charge in [0.2, 0.25) is 0 Å². The van der Waals surface area contributed by atoms with E-state index in [1.165, 1.54) is 43.4 Å². The van der Waals surface area contributed by atoms with E-state index in [1.807, 2.05) is 6.07 Å². The van der Waals surface area contributed by atoms with Crippen molar-refractivity contribution in [2.75, 3.05) is 0 Å². The van der Waals surface area contributed by atoms with Gasteiger partial charge in [0.1, 0.15) is 17.0 Å². The number of para-hydroxylation sites is 2. The van der Waals surface area contributed by atoms with E-state index in [1.54, 1.807) is 0 Å². The van der Waals surface area contributed by atoms with Crippen molar-refractivity contribution >= 4 is 75.9 Å². The fraction of sp³-hybridized carbons (Fsp3) is 0.0462. The van der Waals surface area contributed by atoms with Crippen LogP contribution >= 0.6 is 0 Å². The predicted molar refractivity (Wildman–Crippen MR) is 290 cm³/mol. The largest absolute Gasteiger partial charge is 0.456 e. The van der Waals surface area contributed by atoms with Gasteiger partial charge in [-0.2, -0.15) is 0 Å². The fourth-order valence-corrected chi connectivity index (χ4v) is 10.9. The molecule has 0 aliphatic heterocycles. The summed E-state index contributed by atoms with van der Waals surface area (Å²) in [5, 5.41) is 12.7. The molecular formula is C65H42N4O. The molecule has 0 amide bonds. The summed E-state index contributed by atoms with van der Waals surface area (Å²) >= 11 is 0. The lowest BCUT2D eigenvalue weighted by molar-refractivity contribution is 0.554. The normalized spacial score (nSPS) is 14.8. The molecule has 1 unspecified atom stereocenters. The molecular weight excluding hydrogens is 853 g/mol. The minimum atomic E-state index is -0.406. The van der Waals surface area contributed by atoms with Crippen LogP contribution < -0.4 is 0 Å². The lowest BCUT2D eigenvalue weighted by Crippen LogP contribution is -2.24. The molecule has 1 aliphatic carbocycles. The van der Waals surface area contributed by atoms with E-state index in [-0.39, 0.29) is 0 Å². The van der Waals surface area contributed by atoms with Gasteiger partial charge < -0.3 is 4.42 Å². The smallest absolute Gasteiger partial charge is 0.163 e. The zero-order valence-corrected chi connectivity index (χ0v) is 38.3. The van der Waals surface area contributed by atoms with Crippen LogP contribution in [0.2, 0.25) is 0 Å². The summed E-state index contributed by atoms with van der Waals surface area (Å²) in [5.74, 6) is 2.01. The number of benzene rings is 10. The Bertz CT molecular complexity index is 4290. The van der Waals surface area contributed by atoms with E-state index >= 15 is 0 Å². The first-order chi connectivity index (χ1) is 34.5. The van der Waals surface area contributed by atoms with Crippen molar-refractivity contribution in [1.82, 2.24) is 19.9 Å². The number of pyridine rings is 1. The monoisotopic (exact) mass is 894 g/mol. The van der Waals surface area contributed by atoms with E-state index in [9.17, 15) is 0 Å². The first-order valence-electron chi connectivity index (χ1n) is 23.9. The van der Waals surface area contributed by atoms with E-state index in [0.717, 1.165) is 89.4 Å². The van der Waals surface area contributed by atoms with Crippen molar-refractivity contribution in [2.24, 2.45) is 0 Å². The number of hydrogen-bond acceptors (Lipinski definition) is 5. The van der Waals surface area contributed by atoms with Gasteiger partial charge >= 0.3 is 0 Å². The molecule has 3 aromatic heterocycles. The van der Waals surface area contributed by atoms with Crippen LogP contribution in [-0.4, -0.2) is 19.9 Å². The molecule has 5 nitrogen and oxygen atoms in total. The Hall–Kier alpha value is -9.06. The number of furan rings is 1. The van der Waals surface area contributed by atoms with Crippen LogP contribution in [0.3, 0.4) is 0 Å². The van der Waals surface area contributed by atoms with Crippen LogP contribution in [0.1, 0.15) is 19.2 Å². The molecule has 13 aromatic rings. The molecule has 0 saturated carbocycles. The van der Waals surface area contributed by atoms with Crippen molar-refractivity contribution in [1.29, 1.82) is 0 Å². The van der Waals surface area contributed by atoms with Gasteiger partial charge in [-0.15, -0.1) is 0 Å². The summed E-state index contributed by atoms with van der Waals surface area (Å²) < 4.78 is 6.72. The van der Waals surface area contributed by atoms with Crippen LogP contribution in [0, 0.1) is 0 Å². The van der Waals surface area contributed by atoms with Crippen molar-refractivity contribution in [3.05, 3.63) is 230 Å². The molecule has 14 rings (SSSR count). The first kappa shape index (κ1) is 40.0. The maximum absolute atomic E-state index is 6.72. The summed E-state index contributed by atoms with van der Waals surface area (Å²) in [7, 11) is 0. The Morgan fingerprint density at radius 1 is 0.386 bits per heavy atom. The Labute approximate surface area is 403 Å². The van der Waals surface area contributed by atoms with E-state index in [0.29, 0.717) is 11.6 Å². The average Bonchev–Trinajstić information content (AvgIpc) is 3.81. The maximum Gasteiger partial charge on any atom is 0.163 e. The standard InChI is InChI=1S/C65H42N4O/c1-65(36-14-3-15-37-65)64-68-62(67-63(69-64)45-34-35-50-48-20-7-6-18-46(48)47-19-8-9-21-49(47)53(50)38-45)44-32-30-43(31-33-44)61-54-39-57-60(52-23-11-13-25-56(52)70-57)58(59(54)51-22-10-12-24-55(51)66-61)42-28-26-41(27-29-42)40-16-4-2-5-17-40/h2-36,38-39H,37H2,1H3. The van der Waals surface area contributed by atoms with Gasteiger partial charge in [0.05, 0.1) is 11.2 Å². The van der Waals surface area contributed by atoms with Gasteiger partial charge in [0, 0.05) is 54.6 Å². The van der Waals surface area contributed by atoms with Crippen molar-refractivity contribution < 1.29 is 4.42 Å². The fourth-order valence-electron chi connectivity index (χ4n) is 10.9. The van der Waals surface area contributed by atoms with Crippen LogP contribution in [-0.2, 0) is 5.41 Å². The first-order valence-corrected chi connectivity index (χ1v) is 23.9. The second-order valence-electron chi connectivity index (χ2n) is 18.7. The number of fused-ring (bicyclic) bond motifs is 12. The molecule has 0 spiro atoms. The molecule has 328 valence electrons. The van der Waals surface area contributed by atoms with Gasteiger partial charge in [-0.1, -0.05) is 200 Å². The Balaban J connectivity index is 0.945. The zero-order valence-electron chi connectivity index (χ0n) is 38.3. The van der Waals surface area contributed by atoms with Gasteiger partial charge in [0.25, 0.3) is 0 Å². The maximum atomic E-state index is 6.72. The molecule has 5 heteroatoms. The Morgan fingerprint density at radius 3 is 1.66 bits per heavy atom. The second-order valence-corrected chi connectivity index (χ2v) is 18.7. The third-order valence-electron chi connectivity index (χ3n) is 14.4. The highest BCUT2D eigenvalue weighted by Crippen LogP contribution is 2.47. The topological polar surface area (TPSA) is 64.7 Å². The van der Waals surface area contributed by atoms with Crippen LogP contribution in [0.15, 0.2) is 229 Å². The van der Waals surface area contributed by atoms with Crippen molar-refractivity contribution in [3.63, 3.8) is 0 Å². The van der Waals surface area contributed by atoms with Gasteiger partial charge in [-0.3, -0.25) is 0 Å². The molecule has 10 aromatic carbocycles. The van der Waals surface area contributed by atoms with E-state index in [2.05, 4.69) is 225 Å². The van der Waals surface area contributed by atoms with Crippen molar-refractivity contribution in [3.8, 4) is 56.3 Å². The molecule has 0 saturated heterocycles. The van der Waals surface area contributed by atoms with Gasteiger partial charge in [0.15, 0.2) is 11.6 Å². The predicted octanol–water partition coefficient (Wildman–Crippen LogP) is 17.0. The molecule has 0 radical (unpaired) electrons. The third-order valence-corrected chi connectivity index (χ3v) is 14.4. The van der Waals surface area contributed by atoms with Gasteiger partial charge in [-0.25, -0.2) is 19.9 Å². The van der Waals surface area contributed by atoms with Gasteiger partial charge in [-0.05, 0) is 86.6 Å². The molecule has 0 bridgehead atoms. The molecule has 1 aliphatic rings. The third kappa shape index (κ3) is 6.39. The van der Waals surface area contributed by atoms with E-state index < -0.39 is 5.41 Å². The lowest BCUT2D eigenvalue weighted by Gasteiger charge is -2.25. The molecule has 0 N–H and O–H groups in total. The summed E-state index contributed by atoms with van der Waals surface area (Å²) in [5.41, 5.74) is 10.5. The van der Waals surface area contributed by atoms with Crippen LogP contribution in [0.5, 0.6) is 0 Å². The van der Waals surface area contributed by atoms with Crippen LogP contribution in [0.4, 0.5) is 0 Å². The summed E-state index contributed by atoms with van der Waals surface area (Å²) in [6.45, 7) is 2.21. The van der Waals surface area contributed by atoms with E-state index in [4.69, 9.17) is 24.4 Å². The molecule has 0 fully saturated rings. The number of hydrogen-bond donors (Lipinski definition) is 0. The number of rotatable bonds is 6. The SMILES string of the molecule is CC1(c2nc(-c3ccc(-c4nc5ccccc5c5c(-c6ccc(-c7ccccc7)cc6)c6c(cc45)oc4ccccc46)cc3)nc(-c3ccc4c5ccccc5c5ccccc5c4c3)n2)C=CC=CC1. The highest BCUT2D eigenvalue weighted by atomic mass is 16.3. The zero-order chi connectivity index (χ0) is 46.3. The summed E-state index contributed by atoms with van der Waals surface area (Å²) in [4.78, 5) is 21.2. The number of nitrogens with zero attached hydrogens (tertiary/aromatic N) is 4. The highest BCUT2D eigenvalue weighted by Gasteiger charge is 2.29. The summed E-state index contributed by atoms with van der Waals surface area (Å²) in [6, 6.07) is 71.1. The molecule has 3 heterocycles. The Morgan fingerprint density at radius 2 is 0.943 bits per heavy atom. The number of aromatic nitrogens is 4. The molecule has 1 atom stereocenters. The lowest BCUT2D eigenvalue weighted by atomic mass is 9.83. The Kier molecular flexibility index (Phi) is 9.02. The minimum Gasteiger partial charge on any atom is -0.456 e. The highest BCUT2D eigenvalue weighted by molar-refractivity contribution is 6.28. The minimum absolute atomic E-state index is 0.406. The van der Waals surface area contributed by atoms with Crippen molar-refractivity contribution in [2.45, 2.75) is 18.8 Å². The quantitative estimate of drug-likeness (QED) is 0.156. The second kappa shape index (κ2) is 15.8. The summed E-state index contributed by atoms with van der Waals surface area (Å²) in [6.07, 6.45) is 9.38.